The summed E-state index contributed by atoms with van der Waals surface area (Å²) in [6.45, 7) is 0.889. The number of nitrogens with zero attached hydrogens (tertiary/aromatic N) is 1. The Balaban J connectivity index is 2.87. The summed E-state index contributed by atoms with van der Waals surface area (Å²) in [6.07, 6.45) is 0.902. The van der Waals surface area contributed by atoms with Crippen LogP contribution in [0.4, 0.5) is 0 Å². The fourth-order valence-corrected chi connectivity index (χ4v) is 2.21. The van der Waals surface area contributed by atoms with E-state index in [9.17, 15) is 8.42 Å². The molecular weight excluding hydrogens is 224 g/mol. The van der Waals surface area contributed by atoms with Gasteiger partial charge in [0.05, 0.1) is 4.90 Å². The molecule has 16 heavy (non-hydrogen) atoms. The van der Waals surface area contributed by atoms with E-state index in [1.807, 2.05) is 19.2 Å². The van der Waals surface area contributed by atoms with Crippen molar-refractivity contribution >= 4 is 10.0 Å². The third-order valence-corrected chi connectivity index (χ3v) is 4.19. The van der Waals surface area contributed by atoms with E-state index in [2.05, 4.69) is 5.32 Å². The van der Waals surface area contributed by atoms with Gasteiger partial charge in [0.15, 0.2) is 0 Å². The van der Waals surface area contributed by atoms with Crippen molar-refractivity contribution in [2.24, 2.45) is 0 Å². The Bertz CT molecular complexity index is 424. The van der Waals surface area contributed by atoms with Crippen LogP contribution in [0.25, 0.3) is 0 Å². The highest BCUT2D eigenvalue weighted by atomic mass is 32.2. The zero-order valence-corrected chi connectivity index (χ0v) is 10.7. The van der Waals surface area contributed by atoms with Gasteiger partial charge in [0.25, 0.3) is 0 Å². The smallest absolute Gasteiger partial charge is 0.242 e. The lowest BCUT2D eigenvalue weighted by atomic mass is 10.1. The van der Waals surface area contributed by atoms with Crippen LogP contribution < -0.4 is 5.32 Å². The van der Waals surface area contributed by atoms with Crippen LogP contribution in [0.3, 0.4) is 0 Å². The fraction of sp³-hybridized carbons (Fsp3) is 0.455. The van der Waals surface area contributed by atoms with E-state index in [-0.39, 0.29) is 0 Å². The van der Waals surface area contributed by atoms with Crippen LogP contribution >= 0.6 is 0 Å². The number of rotatable bonds is 5. The summed E-state index contributed by atoms with van der Waals surface area (Å²) < 4.78 is 24.8. The van der Waals surface area contributed by atoms with Crippen molar-refractivity contribution in [2.75, 3.05) is 27.7 Å². The van der Waals surface area contributed by atoms with Crippen LogP contribution in [0.2, 0.25) is 0 Å². The summed E-state index contributed by atoms with van der Waals surface area (Å²) in [5, 5.41) is 3.05. The second kappa shape index (κ2) is 5.43. The average Bonchev–Trinajstić information content (AvgIpc) is 2.26. The molecule has 0 spiro atoms. The van der Waals surface area contributed by atoms with Crippen LogP contribution in [0.15, 0.2) is 29.2 Å². The van der Waals surface area contributed by atoms with E-state index in [1.54, 1.807) is 12.1 Å². The molecule has 0 fully saturated rings. The lowest BCUT2D eigenvalue weighted by Crippen LogP contribution is -2.22. The highest BCUT2D eigenvalue weighted by Gasteiger charge is 2.16. The Morgan fingerprint density at radius 1 is 1.19 bits per heavy atom. The van der Waals surface area contributed by atoms with Crippen LogP contribution in [0.5, 0.6) is 0 Å². The molecule has 1 rings (SSSR count). The van der Waals surface area contributed by atoms with Gasteiger partial charge in [-0.1, -0.05) is 12.1 Å². The molecule has 5 heteroatoms. The maximum absolute atomic E-state index is 11.8. The minimum Gasteiger partial charge on any atom is -0.319 e. The summed E-state index contributed by atoms with van der Waals surface area (Å²) in [7, 11) is 1.66. The summed E-state index contributed by atoms with van der Waals surface area (Å²) in [4.78, 5) is 0.339. The standard InChI is InChI=1S/C11H18N2O2S/c1-12-9-8-10-4-6-11(7-5-10)16(14,15)13(2)3/h4-7,12H,8-9H2,1-3H3. The number of benzene rings is 1. The van der Waals surface area contributed by atoms with Gasteiger partial charge in [0, 0.05) is 14.1 Å². The molecule has 0 heterocycles. The first-order valence-corrected chi connectivity index (χ1v) is 6.58. The third-order valence-electron chi connectivity index (χ3n) is 2.37. The van der Waals surface area contributed by atoms with Gasteiger partial charge < -0.3 is 5.32 Å². The maximum Gasteiger partial charge on any atom is 0.242 e. The second-order valence-corrected chi connectivity index (χ2v) is 5.94. The minimum atomic E-state index is -3.30. The first kappa shape index (κ1) is 13.2. The molecule has 0 bridgehead atoms. The number of sulfonamides is 1. The van der Waals surface area contributed by atoms with Gasteiger partial charge >= 0.3 is 0 Å². The topological polar surface area (TPSA) is 49.4 Å². The summed E-state index contributed by atoms with van der Waals surface area (Å²) in [6, 6.07) is 7.02. The maximum atomic E-state index is 11.8. The molecule has 1 N–H and O–H groups in total. The largest absolute Gasteiger partial charge is 0.319 e. The van der Waals surface area contributed by atoms with Gasteiger partial charge in [-0.3, -0.25) is 0 Å². The molecular formula is C11H18N2O2S. The summed E-state index contributed by atoms with van der Waals surface area (Å²) in [5.74, 6) is 0. The normalized spacial score (nSPS) is 12.0. The second-order valence-electron chi connectivity index (χ2n) is 3.78. The Morgan fingerprint density at radius 2 is 1.75 bits per heavy atom. The predicted octanol–water partition coefficient (Wildman–Crippen LogP) is 0.699. The lowest BCUT2D eigenvalue weighted by molar-refractivity contribution is 0.520. The molecule has 0 aliphatic carbocycles. The quantitative estimate of drug-likeness (QED) is 0.827. The first-order valence-electron chi connectivity index (χ1n) is 5.14. The molecule has 1 aromatic carbocycles. The molecule has 0 aliphatic rings. The molecule has 1 aromatic rings. The molecule has 0 aromatic heterocycles. The van der Waals surface area contributed by atoms with Crippen LogP contribution in [0.1, 0.15) is 5.56 Å². The summed E-state index contributed by atoms with van der Waals surface area (Å²) in [5.41, 5.74) is 1.13. The summed E-state index contributed by atoms with van der Waals surface area (Å²) >= 11 is 0. The Labute approximate surface area is 97.3 Å². The van der Waals surface area contributed by atoms with E-state index >= 15 is 0 Å². The van der Waals surface area contributed by atoms with Crippen LogP contribution in [-0.2, 0) is 16.4 Å². The third kappa shape index (κ3) is 3.04. The molecule has 0 radical (unpaired) electrons. The number of likely N-dealkylation sites (N-methyl/N-ethyl adjacent to an activating group) is 1. The minimum absolute atomic E-state index is 0.339. The van der Waals surface area contributed by atoms with Crippen molar-refractivity contribution in [1.29, 1.82) is 0 Å². The zero-order valence-electron chi connectivity index (χ0n) is 9.90. The number of hydrogen-bond donors (Lipinski definition) is 1. The molecule has 0 saturated carbocycles. The van der Waals surface area contributed by atoms with Crippen LogP contribution in [0, 0.1) is 0 Å². The highest BCUT2D eigenvalue weighted by Crippen LogP contribution is 2.13. The molecule has 0 atom stereocenters. The molecule has 90 valence electrons. The van der Waals surface area contributed by atoms with Crippen molar-refractivity contribution in [1.82, 2.24) is 9.62 Å². The molecule has 0 saturated heterocycles. The molecule has 4 nitrogen and oxygen atoms in total. The molecule has 0 unspecified atom stereocenters. The van der Waals surface area contributed by atoms with Crippen molar-refractivity contribution in [3.63, 3.8) is 0 Å². The number of nitrogens with one attached hydrogen (secondary N) is 1. The van der Waals surface area contributed by atoms with Gasteiger partial charge in [-0.05, 0) is 37.7 Å². The first-order chi connectivity index (χ1) is 7.48. The Morgan fingerprint density at radius 3 is 2.19 bits per heavy atom. The zero-order chi connectivity index (χ0) is 12.2. The number of hydrogen-bond acceptors (Lipinski definition) is 3. The van der Waals surface area contributed by atoms with E-state index in [0.717, 1.165) is 18.5 Å². The van der Waals surface area contributed by atoms with Crippen molar-refractivity contribution < 1.29 is 8.42 Å². The van der Waals surface area contributed by atoms with E-state index in [1.165, 1.54) is 18.4 Å². The van der Waals surface area contributed by atoms with E-state index in [0.29, 0.717) is 4.90 Å². The fourth-order valence-electron chi connectivity index (χ4n) is 1.31. The van der Waals surface area contributed by atoms with Crippen molar-refractivity contribution in [3.05, 3.63) is 29.8 Å². The van der Waals surface area contributed by atoms with Crippen molar-refractivity contribution in [3.8, 4) is 0 Å². The molecule has 0 amide bonds. The van der Waals surface area contributed by atoms with Gasteiger partial charge in [-0.25, -0.2) is 12.7 Å². The van der Waals surface area contributed by atoms with E-state index in [4.69, 9.17) is 0 Å². The van der Waals surface area contributed by atoms with Gasteiger partial charge in [-0.15, -0.1) is 0 Å². The van der Waals surface area contributed by atoms with Crippen LogP contribution in [-0.4, -0.2) is 40.4 Å². The Kier molecular flexibility index (Phi) is 4.46. The van der Waals surface area contributed by atoms with Gasteiger partial charge in [-0.2, -0.15) is 0 Å². The monoisotopic (exact) mass is 242 g/mol. The Hall–Kier alpha value is -0.910. The highest BCUT2D eigenvalue weighted by molar-refractivity contribution is 7.89. The van der Waals surface area contributed by atoms with Gasteiger partial charge in [0.1, 0.15) is 0 Å². The average molecular weight is 242 g/mol. The SMILES string of the molecule is CNCCc1ccc(S(=O)(=O)N(C)C)cc1. The van der Waals surface area contributed by atoms with E-state index < -0.39 is 10.0 Å². The predicted molar refractivity (Wildman–Crippen MR) is 64.9 cm³/mol. The lowest BCUT2D eigenvalue weighted by Gasteiger charge is -2.11. The molecule has 0 aliphatic heterocycles. The van der Waals surface area contributed by atoms with Gasteiger partial charge in [0.2, 0.25) is 10.0 Å². The van der Waals surface area contributed by atoms with Crippen molar-refractivity contribution in [2.45, 2.75) is 11.3 Å².